The first-order valence-electron chi connectivity index (χ1n) is 7.19. The lowest BCUT2D eigenvalue weighted by Gasteiger charge is -2.45. The van der Waals surface area contributed by atoms with Crippen molar-refractivity contribution in [1.29, 1.82) is 0 Å². The molecule has 4 rings (SSSR count). The summed E-state index contributed by atoms with van der Waals surface area (Å²) in [5, 5.41) is 7.94. The van der Waals surface area contributed by atoms with E-state index in [2.05, 4.69) is 32.0 Å². The molecule has 0 bridgehead atoms. The van der Waals surface area contributed by atoms with Crippen molar-refractivity contribution in [1.82, 2.24) is 15.2 Å². The van der Waals surface area contributed by atoms with Crippen LogP contribution in [0.15, 0.2) is 35.3 Å². The van der Waals surface area contributed by atoms with Crippen LogP contribution in [-0.2, 0) is 0 Å². The number of fused-ring (bicyclic) bond motifs is 1. The van der Waals surface area contributed by atoms with Crippen LogP contribution in [0.4, 0.5) is 10.8 Å². The van der Waals surface area contributed by atoms with Crippen molar-refractivity contribution >= 4 is 44.0 Å². The van der Waals surface area contributed by atoms with E-state index in [0.29, 0.717) is 6.04 Å². The molecule has 118 valence electrons. The third-order valence-electron chi connectivity index (χ3n) is 4.07. The molecule has 1 fully saturated rings. The van der Waals surface area contributed by atoms with Gasteiger partial charge in [-0.1, -0.05) is 22.9 Å². The number of aromatic nitrogens is 3. The Morgan fingerprint density at radius 2 is 2.22 bits per heavy atom. The van der Waals surface area contributed by atoms with Crippen molar-refractivity contribution in [2.45, 2.75) is 6.04 Å². The maximum absolute atomic E-state index is 11.3. The molecule has 0 aliphatic carbocycles. The molecule has 0 saturated carbocycles. The highest BCUT2D eigenvalue weighted by molar-refractivity contribution is 7.22. The fourth-order valence-corrected chi connectivity index (χ4v) is 3.92. The van der Waals surface area contributed by atoms with Gasteiger partial charge in [0.15, 0.2) is 5.13 Å². The van der Waals surface area contributed by atoms with Crippen LogP contribution in [0, 0.1) is 0 Å². The van der Waals surface area contributed by atoms with E-state index in [0.717, 1.165) is 39.1 Å². The van der Waals surface area contributed by atoms with Gasteiger partial charge in [0.25, 0.3) is 5.56 Å². The highest BCUT2D eigenvalue weighted by atomic mass is 35.5. The van der Waals surface area contributed by atoms with Crippen LogP contribution in [0.2, 0.25) is 5.02 Å². The van der Waals surface area contributed by atoms with E-state index in [4.69, 9.17) is 11.6 Å². The van der Waals surface area contributed by atoms with Gasteiger partial charge >= 0.3 is 0 Å². The predicted molar refractivity (Wildman–Crippen MR) is 93.9 cm³/mol. The summed E-state index contributed by atoms with van der Waals surface area (Å²) in [6.07, 6.45) is 1.68. The third kappa shape index (κ3) is 2.66. The second kappa shape index (κ2) is 5.50. The normalized spacial score (nSPS) is 15.0. The monoisotopic (exact) mass is 347 g/mol. The molecule has 0 spiro atoms. The zero-order valence-electron chi connectivity index (χ0n) is 12.4. The molecule has 1 N–H and O–H groups in total. The Bertz CT molecular complexity index is 917. The Morgan fingerprint density at radius 1 is 1.39 bits per heavy atom. The Labute approximate surface area is 141 Å². The number of rotatable bonds is 3. The van der Waals surface area contributed by atoms with Crippen LogP contribution in [0.1, 0.15) is 0 Å². The second-order valence-corrected chi connectivity index (χ2v) is 7.03. The minimum Gasteiger partial charge on any atom is -0.366 e. The van der Waals surface area contributed by atoms with E-state index >= 15 is 0 Å². The summed E-state index contributed by atoms with van der Waals surface area (Å²) in [5.74, 6) is 0. The van der Waals surface area contributed by atoms with Crippen LogP contribution in [0.3, 0.4) is 0 Å². The van der Waals surface area contributed by atoms with E-state index in [1.54, 1.807) is 23.6 Å². The summed E-state index contributed by atoms with van der Waals surface area (Å²) in [5.41, 5.74) is 1.65. The third-order valence-corrected chi connectivity index (χ3v) is 5.41. The highest BCUT2D eigenvalue weighted by Crippen LogP contribution is 2.33. The molecule has 1 aliphatic heterocycles. The number of H-pyrrole nitrogens is 1. The van der Waals surface area contributed by atoms with Crippen molar-refractivity contribution in [3.63, 3.8) is 0 Å². The van der Waals surface area contributed by atoms with Gasteiger partial charge in [-0.25, -0.2) is 10.1 Å². The molecule has 23 heavy (non-hydrogen) atoms. The minimum absolute atomic E-state index is 0.178. The quantitative estimate of drug-likeness (QED) is 0.788. The lowest BCUT2D eigenvalue weighted by molar-refractivity contribution is 0.495. The highest BCUT2D eigenvalue weighted by Gasteiger charge is 2.32. The summed E-state index contributed by atoms with van der Waals surface area (Å²) in [4.78, 5) is 20.3. The Hall–Kier alpha value is -2.12. The molecule has 1 aromatic carbocycles. The largest absolute Gasteiger partial charge is 0.366 e. The first-order valence-corrected chi connectivity index (χ1v) is 8.38. The molecule has 2 aromatic heterocycles. The van der Waals surface area contributed by atoms with Gasteiger partial charge in [0, 0.05) is 31.2 Å². The number of nitrogens with one attached hydrogen (secondary N) is 1. The number of hydrogen-bond donors (Lipinski definition) is 1. The van der Waals surface area contributed by atoms with Crippen LogP contribution < -0.4 is 15.4 Å². The summed E-state index contributed by atoms with van der Waals surface area (Å²) in [6, 6.07) is 7.69. The summed E-state index contributed by atoms with van der Waals surface area (Å²) < 4.78 is 1.09. The predicted octanol–water partition coefficient (Wildman–Crippen LogP) is 2.36. The van der Waals surface area contributed by atoms with E-state index in [1.807, 2.05) is 18.2 Å². The lowest BCUT2D eigenvalue weighted by atomic mass is 10.1. The zero-order chi connectivity index (χ0) is 16.0. The number of benzene rings is 1. The van der Waals surface area contributed by atoms with Gasteiger partial charge in [-0.05, 0) is 18.2 Å². The molecule has 8 heteroatoms. The molecule has 0 amide bonds. The van der Waals surface area contributed by atoms with Crippen molar-refractivity contribution in [2.75, 3.05) is 29.9 Å². The van der Waals surface area contributed by atoms with E-state index in [-0.39, 0.29) is 5.56 Å². The van der Waals surface area contributed by atoms with Gasteiger partial charge in [-0.2, -0.15) is 5.10 Å². The molecule has 0 radical (unpaired) electrons. The van der Waals surface area contributed by atoms with Gasteiger partial charge in [0.1, 0.15) is 0 Å². The number of likely N-dealkylation sites (N-methyl/N-ethyl adjacent to an activating group) is 1. The number of aromatic amines is 1. The SMILES string of the molecule is CN(c1nc2ccc(Cl)cc2s1)C1CN(c2cn[nH]c(=O)c2)C1. The van der Waals surface area contributed by atoms with Gasteiger partial charge in [0.05, 0.1) is 28.1 Å². The van der Waals surface area contributed by atoms with Crippen molar-refractivity contribution in [3.05, 3.63) is 45.8 Å². The maximum atomic E-state index is 11.3. The molecule has 0 unspecified atom stereocenters. The molecule has 6 nitrogen and oxygen atoms in total. The van der Waals surface area contributed by atoms with E-state index in [9.17, 15) is 4.79 Å². The first-order chi connectivity index (χ1) is 11.1. The topological polar surface area (TPSA) is 65.1 Å². The standard InChI is InChI=1S/C15H14ClN5OS/c1-20(15-18-12-3-2-9(16)4-13(12)23-15)11-7-21(8-11)10-5-14(22)19-17-6-10/h2-6,11H,7-8H2,1H3,(H,19,22). The fourth-order valence-electron chi connectivity index (χ4n) is 2.64. The van der Waals surface area contributed by atoms with Gasteiger partial charge in [-0.3, -0.25) is 4.79 Å². The molecule has 0 atom stereocenters. The molecule has 3 heterocycles. The molecular weight excluding hydrogens is 334 g/mol. The van der Waals surface area contributed by atoms with Crippen LogP contribution in [0.25, 0.3) is 10.2 Å². The Balaban J connectivity index is 1.49. The smallest absolute Gasteiger partial charge is 0.266 e. The fraction of sp³-hybridized carbons (Fsp3) is 0.267. The van der Waals surface area contributed by atoms with Crippen molar-refractivity contribution in [3.8, 4) is 0 Å². The van der Waals surface area contributed by atoms with Gasteiger partial charge < -0.3 is 9.80 Å². The van der Waals surface area contributed by atoms with Gasteiger partial charge in [0.2, 0.25) is 0 Å². The van der Waals surface area contributed by atoms with Crippen molar-refractivity contribution < 1.29 is 0 Å². The van der Waals surface area contributed by atoms with Crippen LogP contribution >= 0.6 is 22.9 Å². The van der Waals surface area contributed by atoms with Crippen LogP contribution in [-0.4, -0.2) is 41.4 Å². The minimum atomic E-state index is -0.178. The Kier molecular flexibility index (Phi) is 3.46. The number of hydrogen-bond acceptors (Lipinski definition) is 6. The number of nitrogens with zero attached hydrogens (tertiary/aromatic N) is 4. The van der Waals surface area contributed by atoms with Crippen molar-refractivity contribution in [2.24, 2.45) is 0 Å². The Morgan fingerprint density at radius 3 is 3.00 bits per heavy atom. The van der Waals surface area contributed by atoms with E-state index in [1.165, 1.54) is 0 Å². The second-order valence-electron chi connectivity index (χ2n) is 5.58. The van der Waals surface area contributed by atoms with Gasteiger partial charge in [-0.15, -0.1) is 0 Å². The number of anilines is 2. The zero-order valence-corrected chi connectivity index (χ0v) is 13.9. The summed E-state index contributed by atoms with van der Waals surface area (Å²) in [7, 11) is 2.05. The molecule has 1 saturated heterocycles. The van der Waals surface area contributed by atoms with Crippen LogP contribution in [0.5, 0.6) is 0 Å². The molecule has 1 aliphatic rings. The molecular formula is C15H14ClN5OS. The number of halogens is 1. The number of thiazole rings is 1. The maximum Gasteiger partial charge on any atom is 0.266 e. The molecule has 3 aromatic rings. The van der Waals surface area contributed by atoms with E-state index < -0.39 is 0 Å². The summed E-state index contributed by atoms with van der Waals surface area (Å²) >= 11 is 7.67. The lowest BCUT2D eigenvalue weighted by Crippen LogP contribution is -2.59. The summed E-state index contributed by atoms with van der Waals surface area (Å²) in [6.45, 7) is 1.69. The average Bonchev–Trinajstić information content (AvgIpc) is 2.88. The average molecular weight is 348 g/mol. The first kappa shape index (κ1) is 14.5.